The molecule has 6 rings (SSSR count). The highest BCUT2D eigenvalue weighted by atomic mass is 16.5. The first-order chi connectivity index (χ1) is 15.4. The number of hydrogen-bond donors (Lipinski definition) is 2. The van der Waals surface area contributed by atoms with Gasteiger partial charge in [-0.1, -0.05) is 6.92 Å². The van der Waals surface area contributed by atoms with E-state index in [2.05, 4.69) is 32.0 Å². The molecule has 9 heteroatoms. The number of morpholine rings is 1. The fourth-order valence-corrected chi connectivity index (χ4v) is 5.37. The SMILES string of the molecule is C[C@@H](C(=O)N(C)c1cnc2nc(-c3n[nH]c4c3C[C@@H]3C[C@]3(C)C4)[nH]c2c1)N1CCOCC1. The van der Waals surface area contributed by atoms with Crippen LogP contribution < -0.4 is 4.90 Å². The minimum atomic E-state index is -0.208. The normalized spacial score (nSPS) is 25.9. The largest absolute Gasteiger partial charge is 0.379 e. The van der Waals surface area contributed by atoms with Crippen molar-refractivity contribution in [2.24, 2.45) is 11.3 Å². The van der Waals surface area contributed by atoms with Crippen LogP contribution >= 0.6 is 0 Å². The van der Waals surface area contributed by atoms with Gasteiger partial charge >= 0.3 is 0 Å². The quantitative estimate of drug-likeness (QED) is 0.651. The summed E-state index contributed by atoms with van der Waals surface area (Å²) >= 11 is 0. The maximum atomic E-state index is 13.1. The van der Waals surface area contributed by atoms with Gasteiger partial charge in [-0.15, -0.1) is 0 Å². The van der Waals surface area contributed by atoms with Gasteiger partial charge in [0.15, 0.2) is 11.5 Å². The maximum Gasteiger partial charge on any atom is 0.243 e. The summed E-state index contributed by atoms with van der Waals surface area (Å²) < 4.78 is 5.41. The van der Waals surface area contributed by atoms with Gasteiger partial charge in [0.2, 0.25) is 5.91 Å². The zero-order chi connectivity index (χ0) is 22.0. The van der Waals surface area contributed by atoms with E-state index in [0.717, 1.165) is 54.6 Å². The van der Waals surface area contributed by atoms with E-state index in [1.165, 1.54) is 17.7 Å². The van der Waals surface area contributed by atoms with Gasteiger partial charge in [0.05, 0.1) is 36.7 Å². The number of amides is 1. The highest BCUT2D eigenvalue weighted by Crippen LogP contribution is 2.59. The van der Waals surface area contributed by atoms with E-state index in [9.17, 15) is 4.79 Å². The Kier molecular flexibility index (Phi) is 4.42. The Hall–Kier alpha value is -2.78. The van der Waals surface area contributed by atoms with Crippen LogP contribution in [0, 0.1) is 11.3 Å². The zero-order valence-corrected chi connectivity index (χ0v) is 18.8. The Morgan fingerprint density at radius 2 is 2.19 bits per heavy atom. The molecule has 3 aliphatic rings. The standard InChI is InChI=1S/C23H29N7O2/c1-13(30-4-6-32-7-5-30)22(31)29(3)15-9-17-20(24-12-15)26-21(25-17)19-16-8-14-10-23(14,2)11-18(16)27-28-19/h9,12-14H,4-8,10-11H2,1-3H3,(H,27,28)(H,24,25,26)/t13-,14+,23+/m0/s1. The van der Waals surface area contributed by atoms with Crippen molar-refractivity contribution in [3.8, 4) is 11.5 Å². The molecule has 1 aliphatic heterocycles. The molecule has 4 heterocycles. The van der Waals surface area contributed by atoms with E-state index < -0.39 is 0 Å². The van der Waals surface area contributed by atoms with Crippen molar-refractivity contribution in [2.75, 3.05) is 38.3 Å². The molecule has 1 saturated heterocycles. The fraction of sp³-hybridized carbons (Fsp3) is 0.565. The summed E-state index contributed by atoms with van der Waals surface area (Å²) in [5, 5.41) is 7.83. The van der Waals surface area contributed by atoms with Gasteiger partial charge < -0.3 is 14.6 Å². The maximum absolute atomic E-state index is 13.1. The second kappa shape index (κ2) is 7.11. The van der Waals surface area contributed by atoms with Crippen molar-refractivity contribution < 1.29 is 9.53 Å². The average molecular weight is 436 g/mol. The highest BCUT2D eigenvalue weighted by Gasteiger charge is 2.53. The number of pyridine rings is 1. The summed E-state index contributed by atoms with van der Waals surface area (Å²) in [6.07, 6.45) is 5.14. The van der Waals surface area contributed by atoms with Gasteiger partial charge in [0.1, 0.15) is 5.69 Å². The number of carbonyl (C=O) groups excluding carboxylic acids is 1. The second-order valence-electron chi connectivity index (χ2n) is 9.84. The molecule has 168 valence electrons. The van der Waals surface area contributed by atoms with Crippen LogP contribution in [-0.4, -0.2) is 75.3 Å². The summed E-state index contributed by atoms with van der Waals surface area (Å²) in [5.74, 6) is 1.54. The summed E-state index contributed by atoms with van der Waals surface area (Å²) in [4.78, 5) is 29.5. The summed E-state index contributed by atoms with van der Waals surface area (Å²) in [7, 11) is 1.80. The predicted molar refractivity (Wildman–Crippen MR) is 120 cm³/mol. The molecule has 2 aliphatic carbocycles. The van der Waals surface area contributed by atoms with Gasteiger partial charge in [0.25, 0.3) is 0 Å². The molecular formula is C23H29N7O2. The molecule has 1 amide bonds. The lowest BCUT2D eigenvalue weighted by Gasteiger charge is -2.33. The molecule has 3 atom stereocenters. The lowest BCUT2D eigenvalue weighted by Crippen LogP contribution is -2.50. The van der Waals surface area contributed by atoms with Gasteiger partial charge in [-0.2, -0.15) is 5.10 Å². The number of rotatable bonds is 4. The first kappa shape index (κ1) is 19.9. The van der Waals surface area contributed by atoms with E-state index in [1.807, 2.05) is 13.0 Å². The lowest BCUT2D eigenvalue weighted by molar-refractivity contribution is -0.124. The monoisotopic (exact) mass is 435 g/mol. The molecule has 0 unspecified atom stereocenters. The van der Waals surface area contributed by atoms with E-state index in [4.69, 9.17) is 9.72 Å². The Morgan fingerprint density at radius 3 is 3.00 bits per heavy atom. The third-order valence-electron chi connectivity index (χ3n) is 7.74. The molecule has 3 aromatic heterocycles. The molecule has 3 aromatic rings. The summed E-state index contributed by atoms with van der Waals surface area (Å²) in [5.41, 5.74) is 6.07. The molecule has 0 spiro atoms. The van der Waals surface area contributed by atoms with Crippen LogP contribution in [-0.2, 0) is 22.4 Å². The number of ether oxygens (including phenoxy) is 1. The summed E-state index contributed by atoms with van der Waals surface area (Å²) in [6.45, 7) is 7.21. The first-order valence-corrected chi connectivity index (χ1v) is 11.4. The molecular weight excluding hydrogens is 406 g/mol. The number of imidazole rings is 1. The van der Waals surface area contributed by atoms with E-state index in [0.29, 0.717) is 24.3 Å². The molecule has 0 bridgehead atoms. The average Bonchev–Trinajstić information content (AvgIpc) is 3.11. The van der Waals surface area contributed by atoms with E-state index >= 15 is 0 Å². The number of carbonyl (C=O) groups is 1. The van der Waals surface area contributed by atoms with E-state index in [-0.39, 0.29) is 11.9 Å². The number of aromatic nitrogens is 5. The molecule has 32 heavy (non-hydrogen) atoms. The third-order valence-corrected chi connectivity index (χ3v) is 7.74. The number of anilines is 1. The number of hydrogen-bond acceptors (Lipinski definition) is 6. The van der Waals surface area contributed by atoms with Crippen LogP contribution in [0.5, 0.6) is 0 Å². The Bertz CT molecular complexity index is 1190. The van der Waals surface area contributed by atoms with Gasteiger partial charge in [-0.25, -0.2) is 9.97 Å². The van der Waals surface area contributed by atoms with Crippen LogP contribution in [0.2, 0.25) is 0 Å². The van der Waals surface area contributed by atoms with Gasteiger partial charge in [-0.3, -0.25) is 14.8 Å². The number of H-pyrrole nitrogens is 2. The van der Waals surface area contributed by atoms with Crippen molar-refractivity contribution in [1.29, 1.82) is 0 Å². The molecule has 0 aromatic carbocycles. The predicted octanol–water partition coefficient (Wildman–Crippen LogP) is 2.16. The van der Waals surface area contributed by atoms with Crippen molar-refractivity contribution in [1.82, 2.24) is 30.0 Å². The number of likely N-dealkylation sites (N-methyl/N-ethyl adjacent to an activating group) is 1. The Balaban J connectivity index is 1.25. The minimum absolute atomic E-state index is 0.0432. The van der Waals surface area contributed by atoms with Crippen molar-refractivity contribution in [3.63, 3.8) is 0 Å². The molecule has 9 nitrogen and oxygen atoms in total. The first-order valence-electron chi connectivity index (χ1n) is 11.4. The van der Waals surface area contributed by atoms with Crippen molar-refractivity contribution in [3.05, 3.63) is 23.5 Å². The summed E-state index contributed by atoms with van der Waals surface area (Å²) in [6, 6.07) is 1.74. The van der Waals surface area contributed by atoms with Crippen LogP contribution in [0.3, 0.4) is 0 Å². The van der Waals surface area contributed by atoms with Crippen LogP contribution in [0.4, 0.5) is 5.69 Å². The Labute approximate surface area is 186 Å². The van der Waals surface area contributed by atoms with Crippen LogP contribution in [0.15, 0.2) is 12.3 Å². The smallest absolute Gasteiger partial charge is 0.243 e. The van der Waals surface area contributed by atoms with Gasteiger partial charge in [-0.05, 0) is 43.6 Å². The van der Waals surface area contributed by atoms with Crippen molar-refractivity contribution in [2.45, 2.75) is 39.2 Å². The van der Waals surface area contributed by atoms with E-state index in [1.54, 1.807) is 18.1 Å². The van der Waals surface area contributed by atoms with Crippen molar-refractivity contribution >= 4 is 22.8 Å². The minimum Gasteiger partial charge on any atom is -0.379 e. The number of nitrogens with zero attached hydrogens (tertiary/aromatic N) is 5. The molecule has 1 saturated carbocycles. The van der Waals surface area contributed by atoms with Crippen LogP contribution in [0.25, 0.3) is 22.7 Å². The second-order valence-corrected chi connectivity index (χ2v) is 9.84. The number of aromatic amines is 2. The lowest BCUT2D eigenvalue weighted by atomic mass is 9.88. The van der Waals surface area contributed by atoms with Gasteiger partial charge in [0, 0.05) is 31.4 Å². The molecule has 2 fully saturated rings. The number of fused-ring (bicyclic) bond motifs is 3. The zero-order valence-electron chi connectivity index (χ0n) is 18.8. The topological polar surface area (TPSA) is 103 Å². The molecule has 2 N–H and O–H groups in total. The fourth-order valence-electron chi connectivity index (χ4n) is 5.37. The third kappa shape index (κ3) is 3.14. The van der Waals surface area contributed by atoms with Crippen LogP contribution in [0.1, 0.15) is 31.5 Å². The number of nitrogens with one attached hydrogen (secondary N) is 2. The molecule has 0 radical (unpaired) electrons. The Morgan fingerprint density at radius 1 is 1.38 bits per heavy atom. The highest BCUT2D eigenvalue weighted by molar-refractivity contribution is 5.97.